The van der Waals surface area contributed by atoms with Crippen molar-refractivity contribution in [3.05, 3.63) is 22.4 Å². The molecule has 1 N–H and O–H groups in total. The molecule has 1 saturated heterocycles. The van der Waals surface area contributed by atoms with E-state index in [9.17, 15) is 14.7 Å². The van der Waals surface area contributed by atoms with Crippen LogP contribution in [0.3, 0.4) is 0 Å². The molecule has 5 nitrogen and oxygen atoms in total. The summed E-state index contributed by atoms with van der Waals surface area (Å²) in [6, 6.07) is 2.01. The van der Waals surface area contributed by atoms with Crippen LogP contribution in [0.25, 0.3) is 0 Å². The zero-order valence-corrected chi connectivity index (χ0v) is 13.4. The fourth-order valence-corrected chi connectivity index (χ4v) is 3.37. The smallest absolute Gasteiger partial charge is 0.310 e. The van der Waals surface area contributed by atoms with E-state index in [1.165, 1.54) is 0 Å². The Hall–Kier alpha value is -1.40. The highest BCUT2D eigenvalue weighted by molar-refractivity contribution is 7.07. The Labute approximate surface area is 129 Å². The minimum atomic E-state index is -0.772. The van der Waals surface area contributed by atoms with Crippen LogP contribution in [0.5, 0.6) is 0 Å². The van der Waals surface area contributed by atoms with E-state index in [1.807, 2.05) is 21.7 Å². The first-order chi connectivity index (χ1) is 9.90. The van der Waals surface area contributed by atoms with Gasteiger partial charge in [0.25, 0.3) is 0 Å². The monoisotopic (exact) mass is 310 g/mol. The number of carboxylic acid groups (broad SMARTS) is 1. The molecule has 1 aromatic rings. The van der Waals surface area contributed by atoms with Gasteiger partial charge in [-0.25, -0.2) is 0 Å². The van der Waals surface area contributed by atoms with Crippen molar-refractivity contribution in [2.75, 3.05) is 26.7 Å². The predicted octanol–water partition coefficient (Wildman–Crippen LogP) is 1.89. The summed E-state index contributed by atoms with van der Waals surface area (Å²) in [5.41, 5.74) is 0.398. The summed E-state index contributed by atoms with van der Waals surface area (Å²) in [4.78, 5) is 27.3. The minimum absolute atomic E-state index is 0.0378. The summed E-state index contributed by atoms with van der Waals surface area (Å²) >= 11 is 1.62. The van der Waals surface area contributed by atoms with Gasteiger partial charge in [-0.1, -0.05) is 0 Å². The molecule has 1 aliphatic heterocycles. The predicted molar refractivity (Wildman–Crippen MR) is 82.2 cm³/mol. The van der Waals surface area contributed by atoms with Crippen LogP contribution in [0.4, 0.5) is 0 Å². The molecule has 1 aliphatic rings. The summed E-state index contributed by atoms with van der Waals surface area (Å²) in [6.45, 7) is 3.90. The van der Waals surface area contributed by atoms with E-state index in [0.29, 0.717) is 26.1 Å². The van der Waals surface area contributed by atoms with Gasteiger partial charge in [-0.15, -0.1) is 0 Å². The van der Waals surface area contributed by atoms with Gasteiger partial charge in [0.15, 0.2) is 0 Å². The molecule has 6 heteroatoms. The number of thiophene rings is 1. The van der Waals surface area contributed by atoms with Gasteiger partial charge >= 0.3 is 5.97 Å². The number of rotatable bonds is 5. The minimum Gasteiger partial charge on any atom is -0.481 e. The largest absolute Gasteiger partial charge is 0.481 e. The molecule has 1 aromatic heterocycles. The highest BCUT2D eigenvalue weighted by Crippen LogP contribution is 2.29. The van der Waals surface area contributed by atoms with Crippen molar-refractivity contribution < 1.29 is 14.7 Å². The van der Waals surface area contributed by atoms with Crippen molar-refractivity contribution in [3.63, 3.8) is 0 Å². The Balaban J connectivity index is 1.88. The highest BCUT2D eigenvalue weighted by Gasteiger charge is 2.38. The molecule has 21 heavy (non-hydrogen) atoms. The number of amides is 1. The van der Waals surface area contributed by atoms with Gasteiger partial charge in [-0.3, -0.25) is 14.5 Å². The maximum Gasteiger partial charge on any atom is 0.310 e. The lowest BCUT2D eigenvalue weighted by atomic mass is 9.82. The lowest BCUT2D eigenvalue weighted by molar-refractivity contribution is -0.152. The van der Waals surface area contributed by atoms with Crippen LogP contribution in [-0.4, -0.2) is 53.5 Å². The fourth-order valence-electron chi connectivity index (χ4n) is 2.71. The average Bonchev–Trinajstić information content (AvgIpc) is 2.91. The second kappa shape index (κ2) is 6.58. The quantitative estimate of drug-likeness (QED) is 0.902. The zero-order chi connectivity index (χ0) is 15.5. The van der Waals surface area contributed by atoms with Gasteiger partial charge in [0.2, 0.25) is 5.91 Å². The van der Waals surface area contributed by atoms with E-state index >= 15 is 0 Å². The SMILES string of the molecule is CN(Cc1ccsc1)C(=O)CN1CCCC(C)(C(=O)O)C1. The highest BCUT2D eigenvalue weighted by atomic mass is 32.1. The molecule has 1 amide bonds. The van der Waals surface area contributed by atoms with Crippen LogP contribution in [0, 0.1) is 5.41 Å². The first kappa shape index (κ1) is 16.0. The van der Waals surface area contributed by atoms with E-state index in [0.717, 1.165) is 18.5 Å². The normalized spacial score (nSPS) is 23.0. The first-order valence-corrected chi connectivity index (χ1v) is 8.06. The molecular weight excluding hydrogens is 288 g/mol. The second-order valence-corrected chi connectivity index (χ2v) is 6.84. The van der Waals surface area contributed by atoms with E-state index in [2.05, 4.69) is 0 Å². The van der Waals surface area contributed by atoms with Gasteiger partial charge in [0.1, 0.15) is 0 Å². The zero-order valence-electron chi connectivity index (χ0n) is 12.5. The molecule has 1 fully saturated rings. The Morgan fingerprint density at radius 3 is 2.90 bits per heavy atom. The summed E-state index contributed by atoms with van der Waals surface area (Å²) in [5.74, 6) is -0.734. The van der Waals surface area contributed by atoms with Crippen molar-refractivity contribution in [1.82, 2.24) is 9.80 Å². The van der Waals surface area contributed by atoms with Crippen molar-refractivity contribution in [2.24, 2.45) is 5.41 Å². The van der Waals surface area contributed by atoms with E-state index in [1.54, 1.807) is 30.2 Å². The van der Waals surface area contributed by atoms with Crippen molar-refractivity contribution in [1.29, 1.82) is 0 Å². The molecule has 2 rings (SSSR count). The summed E-state index contributed by atoms with van der Waals surface area (Å²) in [6.07, 6.45) is 1.50. The third-order valence-corrected chi connectivity index (χ3v) is 4.81. The number of hydrogen-bond donors (Lipinski definition) is 1. The van der Waals surface area contributed by atoms with E-state index in [4.69, 9.17) is 0 Å². The molecule has 0 radical (unpaired) electrons. The molecule has 0 spiro atoms. The third kappa shape index (κ3) is 4.04. The summed E-state index contributed by atoms with van der Waals surface area (Å²) in [5, 5.41) is 13.3. The van der Waals surface area contributed by atoms with Crippen LogP contribution in [0.15, 0.2) is 16.8 Å². The van der Waals surface area contributed by atoms with Crippen molar-refractivity contribution >= 4 is 23.2 Å². The van der Waals surface area contributed by atoms with Gasteiger partial charge in [-0.05, 0) is 48.7 Å². The molecular formula is C15H22N2O3S. The maximum absolute atomic E-state index is 12.3. The molecule has 2 heterocycles. The number of carbonyl (C=O) groups excluding carboxylic acids is 1. The van der Waals surface area contributed by atoms with Gasteiger partial charge < -0.3 is 10.0 Å². The van der Waals surface area contributed by atoms with Gasteiger partial charge in [0.05, 0.1) is 12.0 Å². The van der Waals surface area contributed by atoms with Crippen LogP contribution in [0.1, 0.15) is 25.3 Å². The Morgan fingerprint density at radius 1 is 1.52 bits per heavy atom. The number of likely N-dealkylation sites (tertiary alicyclic amines) is 1. The molecule has 0 bridgehead atoms. The molecule has 0 saturated carbocycles. The number of likely N-dealkylation sites (N-methyl/N-ethyl adjacent to an activating group) is 1. The van der Waals surface area contributed by atoms with Gasteiger partial charge in [-0.2, -0.15) is 11.3 Å². The lowest BCUT2D eigenvalue weighted by Gasteiger charge is -2.37. The second-order valence-electron chi connectivity index (χ2n) is 6.06. The van der Waals surface area contributed by atoms with Crippen LogP contribution in [0.2, 0.25) is 0 Å². The molecule has 1 atom stereocenters. The number of hydrogen-bond acceptors (Lipinski definition) is 4. The Morgan fingerprint density at radius 2 is 2.29 bits per heavy atom. The van der Waals surface area contributed by atoms with Crippen LogP contribution < -0.4 is 0 Å². The van der Waals surface area contributed by atoms with Crippen LogP contribution in [-0.2, 0) is 16.1 Å². The Bertz CT molecular complexity index is 503. The molecule has 116 valence electrons. The number of carboxylic acids is 1. The number of nitrogens with zero attached hydrogens (tertiary/aromatic N) is 2. The maximum atomic E-state index is 12.3. The average molecular weight is 310 g/mol. The summed E-state index contributed by atoms with van der Waals surface area (Å²) in [7, 11) is 1.79. The van der Waals surface area contributed by atoms with Gasteiger partial charge in [0, 0.05) is 20.1 Å². The molecule has 0 aliphatic carbocycles. The van der Waals surface area contributed by atoms with Crippen LogP contribution >= 0.6 is 11.3 Å². The van der Waals surface area contributed by atoms with E-state index < -0.39 is 11.4 Å². The topological polar surface area (TPSA) is 60.9 Å². The number of carbonyl (C=O) groups is 2. The fraction of sp³-hybridized carbons (Fsp3) is 0.600. The number of aliphatic carboxylic acids is 1. The Kier molecular flexibility index (Phi) is 5.00. The lowest BCUT2D eigenvalue weighted by Crippen LogP contribution is -2.49. The number of piperidine rings is 1. The van der Waals surface area contributed by atoms with Crippen molar-refractivity contribution in [3.8, 4) is 0 Å². The summed E-state index contributed by atoms with van der Waals surface area (Å²) < 4.78 is 0. The van der Waals surface area contributed by atoms with Crippen molar-refractivity contribution in [2.45, 2.75) is 26.3 Å². The molecule has 0 aromatic carbocycles. The standard InChI is InChI=1S/C15H22N2O3S/c1-15(14(19)20)5-3-6-17(11-15)9-13(18)16(2)8-12-4-7-21-10-12/h4,7,10H,3,5-6,8-9,11H2,1-2H3,(H,19,20). The first-order valence-electron chi connectivity index (χ1n) is 7.11. The molecule has 1 unspecified atom stereocenters. The third-order valence-electron chi connectivity index (χ3n) is 4.08. The van der Waals surface area contributed by atoms with E-state index in [-0.39, 0.29) is 5.91 Å².